The van der Waals surface area contributed by atoms with Crippen LogP contribution in [0.4, 0.5) is 0 Å². The first-order valence-electron chi connectivity index (χ1n) is 9.82. The molecule has 1 aliphatic heterocycles. The summed E-state index contributed by atoms with van der Waals surface area (Å²) in [6.07, 6.45) is 13.3. The second-order valence-corrected chi connectivity index (χ2v) is 9.56. The summed E-state index contributed by atoms with van der Waals surface area (Å²) in [6.45, 7) is 6.70. The molecule has 0 aromatic rings. The van der Waals surface area contributed by atoms with Crippen LogP contribution in [0.25, 0.3) is 0 Å². The number of epoxide rings is 1. The maximum atomic E-state index is 12.4. The molecule has 0 N–H and O–H groups in total. The molecule has 5 aliphatic rings. The smallest absolute Gasteiger partial charge is 0.164 e. The Balaban J connectivity index is 1.53. The standard InChI is InChI=1S/C21H30O2/c1-13(22)21-18(23-21)12-17-15-8-7-14-6-4-5-10-19(14,2)16(15)9-11-20(17,21)3/h7,15-18H,4-6,8-12H2,1-3H3/t15-,16+,17+,18?,19+,20+,21-/m1/s1. The van der Waals surface area contributed by atoms with Crippen molar-refractivity contribution < 1.29 is 9.53 Å². The normalized spacial score (nSPS) is 56.7. The minimum atomic E-state index is -0.403. The minimum absolute atomic E-state index is 0.0983. The van der Waals surface area contributed by atoms with Crippen LogP contribution in [0.3, 0.4) is 0 Å². The SMILES string of the molecule is CC(=O)[C@@]12OC1C[C@H]1[C@@H]3CC=C4CCCC[C@]4(C)[C@H]3CC[C@@]12C. The van der Waals surface area contributed by atoms with Crippen molar-refractivity contribution in [3.05, 3.63) is 11.6 Å². The van der Waals surface area contributed by atoms with Gasteiger partial charge in [-0.1, -0.05) is 31.9 Å². The molecule has 4 fully saturated rings. The summed E-state index contributed by atoms with van der Waals surface area (Å²) in [5, 5.41) is 0. The molecule has 7 atom stereocenters. The molecule has 0 radical (unpaired) electrons. The van der Waals surface area contributed by atoms with E-state index in [4.69, 9.17) is 4.74 Å². The monoisotopic (exact) mass is 314 g/mol. The van der Waals surface area contributed by atoms with Gasteiger partial charge in [-0.25, -0.2) is 0 Å². The Morgan fingerprint density at radius 2 is 2.04 bits per heavy atom. The van der Waals surface area contributed by atoms with Gasteiger partial charge in [-0.15, -0.1) is 0 Å². The van der Waals surface area contributed by atoms with Gasteiger partial charge < -0.3 is 4.74 Å². The number of allylic oxidation sites excluding steroid dienone is 2. The number of ketones is 1. The Morgan fingerprint density at radius 3 is 2.83 bits per heavy atom. The van der Waals surface area contributed by atoms with E-state index in [0.29, 0.717) is 17.1 Å². The van der Waals surface area contributed by atoms with Gasteiger partial charge in [0, 0.05) is 5.41 Å². The fourth-order valence-corrected chi connectivity index (χ4v) is 7.76. The van der Waals surface area contributed by atoms with E-state index in [2.05, 4.69) is 19.9 Å². The highest BCUT2D eigenvalue weighted by Crippen LogP contribution is 2.73. The highest BCUT2D eigenvalue weighted by molar-refractivity contribution is 5.90. The van der Waals surface area contributed by atoms with Crippen molar-refractivity contribution in [3.8, 4) is 0 Å². The Labute approximate surface area is 140 Å². The van der Waals surface area contributed by atoms with Gasteiger partial charge in [-0.05, 0) is 75.0 Å². The molecule has 2 nitrogen and oxygen atoms in total. The minimum Gasteiger partial charge on any atom is -0.357 e. The number of carbonyl (C=O) groups is 1. The third-order valence-electron chi connectivity index (χ3n) is 8.97. The van der Waals surface area contributed by atoms with Crippen LogP contribution in [0.5, 0.6) is 0 Å². The molecule has 1 saturated heterocycles. The zero-order valence-electron chi connectivity index (χ0n) is 14.9. The fraction of sp³-hybridized carbons (Fsp3) is 0.857. The first kappa shape index (κ1) is 14.7. The van der Waals surface area contributed by atoms with Gasteiger partial charge in [0.2, 0.25) is 0 Å². The highest BCUT2D eigenvalue weighted by Gasteiger charge is 2.79. The first-order valence-corrected chi connectivity index (χ1v) is 9.82. The lowest BCUT2D eigenvalue weighted by Gasteiger charge is -2.58. The zero-order valence-corrected chi connectivity index (χ0v) is 14.9. The summed E-state index contributed by atoms with van der Waals surface area (Å²) in [6, 6.07) is 0. The Morgan fingerprint density at radius 1 is 1.22 bits per heavy atom. The number of Topliss-reactive ketones (excluding diaryl/α,β-unsaturated/α-hetero) is 1. The number of ether oxygens (including phenoxy) is 1. The van der Waals surface area contributed by atoms with Gasteiger partial charge in [0.05, 0.1) is 6.10 Å². The number of rotatable bonds is 1. The van der Waals surface area contributed by atoms with E-state index < -0.39 is 5.60 Å². The number of fused-ring (bicyclic) bond motifs is 7. The van der Waals surface area contributed by atoms with Crippen LogP contribution in [-0.4, -0.2) is 17.5 Å². The maximum absolute atomic E-state index is 12.4. The van der Waals surface area contributed by atoms with Crippen LogP contribution >= 0.6 is 0 Å². The molecular weight excluding hydrogens is 284 g/mol. The van der Waals surface area contributed by atoms with Gasteiger partial charge in [-0.3, -0.25) is 4.79 Å². The predicted octanol–water partition coefficient (Wildman–Crippen LogP) is 4.68. The van der Waals surface area contributed by atoms with E-state index in [1.807, 2.05) is 0 Å². The van der Waals surface area contributed by atoms with Crippen molar-refractivity contribution in [2.45, 2.75) is 83.8 Å². The van der Waals surface area contributed by atoms with Crippen molar-refractivity contribution in [2.24, 2.45) is 28.6 Å². The van der Waals surface area contributed by atoms with E-state index in [0.717, 1.165) is 18.3 Å². The van der Waals surface area contributed by atoms with Crippen molar-refractivity contribution in [1.29, 1.82) is 0 Å². The Kier molecular flexibility index (Phi) is 2.75. The van der Waals surface area contributed by atoms with Crippen LogP contribution in [0.2, 0.25) is 0 Å². The third-order valence-corrected chi connectivity index (χ3v) is 8.97. The molecule has 0 amide bonds. The molecule has 5 rings (SSSR count). The van der Waals surface area contributed by atoms with Crippen molar-refractivity contribution >= 4 is 5.78 Å². The Hall–Kier alpha value is -0.630. The van der Waals surface area contributed by atoms with E-state index >= 15 is 0 Å². The topological polar surface area (TPSA) is 29.6 Å². The van der Waals surface area contributed by atoms with Crippen LogP contribution < -0.4 is 0 Å². The summed E-state index contributed by atoms with van der Waals surface area (Å²) in [5.74, 6) is 2.62. The summed E-state index contributed by atoms with van der Waals surface area (Å²) in [5.41, 5.74) is 1.93. The maximum Gasteiger partial charge on any atom is 0.164 e. The summed E-state index contributed by atoms with van der Waals surface area (Å²) in [7, 11) is 0. The molecule has 4 aliphatic carbocycles. The summed E-state index contributed by atoms with van der Waals surface area (Å²) in [4.78, 5) is 12.4. The molecule has 1 heterocycles. The second-order valence-electron chi connectivity index (χ2n) is 9.56. The first-order chi connectivity index (χ1) is 10.9. The van der Waals surface area contributed by atoms with Crippen molar-refractivity contribution in [1.82, 2.24) is 0 Å². The molecule has 1 unspecified atom stereocenters. The average molecular weight is 314 g/mol. The van der Waals surface area contributed by atoms with Crippen LogP contribution in [-0.2, 0) is 9.53 Å². The van der Waals surface area contributed by atoms with E-state index in [9.17, 15) is 4.79 Å². The zero-order chi connectivity index (χ0) is 16.0. The molecule has 0 aromatic heterocycles. The molecule has 23 heavy (non-hydrogen) atoms. The predicted molar refractivity (Wildman–Crippen MR) is 90.0 cm³/mol. The Bertz CT molecular complexity index is 607. The molecule has 126 valence electrons. The molecule has 0 aromatic carbocycles. The molecule has 3 saturated carbocycles. The summed E-state index contributed by atoms with van der Waals surface area (Å²) < 4.78 is 6.02. The second kappa shape index (κ2) is 4.31. The number of hydrogen-bond acceptors (Lipinski definition) is 2. The highest BCUT2D eigenvalue weighted by atomic mass is 16.6. The van der Waals surface area contributed by atoms with Gasteiger partial charge >= 0.3 is 0 Å². The summed E-state index contributed by atoms with van der Waals surface area (Å²) >= 11 is 0. The lowest BCUT2D eigenvalue weighted by atomic mass is 9.47. The number of hydrogen-bond donors (Lipinski definition) is 0. The largest absolute Gasteiger partial charge is 0.357 e. The average Bonchev–Trinajstić information content (AvgIpc) is 3.20. The van der Waals surface area contributed by atoms with Crippen LogP contribution in [0, 0.1) is 28.6 Å². The van der Waals surface area contributed by atoms with E-state index in [1.54, 1.807) is 12.5 Å². The van der Waals surface area contributed by atoms with Crippen molar-refractivity contribution in [3.63, 3.8) is 0 Å². The van der Waals surface area contributed by atoms with Crippen molar-refractivity contribution in [2.75, 3.05) is 0 Å². The lowest BCUT2D eigenvalue weighted by Crippen LogP contribution is -2.53. The molecule has 0 spiro atoms. The van der Waals surface area contributed by atoms with E-state index in [1.165, 1.54) is 44.9 Å². The van der Waals surface area contributed by atoms with Gasteiger partial charge in [-0.2, -0.15) is 0 Å². The number of carbonyl (C=O) groups excluding carboxylic acids is 1. The van der Waals surface area contributed by atoms with Crippen LogP contribution in [0.15, 0.2) is 11.6 Å². The lowest BCUT2D eigenvalue weighted by molar-refractivity contribution is -0.135. The molecule has 0 bridgehead atoms. The van der Waals surface area contributed by atoms with Gasteiger partial charge in [0.25, 0.3) is 0 Å². The van der Waals surface area contributed by atoms with Gasteiger partial charge in [0.1, 0.15) is 0 Å². The molecular formula is C21H30O2. The van der Waals surface area contributed by atoms with Crippen LogP contribution in [0.1, 0.15) is 72.1 Å². The fourth-order valence-electron chi connectivity index (χ4n) is 7.76. The third kappa shape index (κ3) is 1.53. The van der Waals surface area contributed by atoms with Gasteiger partial charge in [0.15, 0.2) is 11.4 Å². The quantitative estimate of drug-likeness (QED) is 0.520. The van der Waals surface area contributed by atoms with E-state index in [-0.39, 0.29) is 11.5 Å². The molecule has 2 heteroatoms.